The van der Waals surface area contributed by atoms with Crippen molar-refractivity contribution in [2.45, 2.75) is 31.9 Å². The highest BCUT2D eigenvalue weighted by atomic mass is 19.3. The molecule has 1 saturated carbocycles. The summed E-state index contributed by atoms with van der Waals surface area (Å²) in [5.74, 6) is 0.204. The van der Waals surface area contributed by atoms with Crippen molar-refractivity contribution in [3.63, 3.8) is 0 Å². The molecule has 1 aliphatic carbocycles. The molecule has 0 amide bonds. The molecule has 0 aliphatic heterocycles. The van der Waals surface area contributed by atoms with Crippen molar-refractivity contribution in [2.24, 2.45) is 0 Å². The highest BCUT2D eigenvalue weighted by Gasteiger charge is 2.31. The lowest BCUT2D eigenvalue weighted by Gasteiger charge is -2.18. The summed E-state index contributed by atoms with van der Waals surface area (Å²) in [5, 5.41) is 7.75. The average Bonchev–Trinajstić information content (AvgIpc) is 3.19. The van der Waals surface area contributed by atoms with Crippen molar-refractivity contribution >= 4 is 0 Å². The third-order valence-electron chi connectivity index (χ3n) is 3.33. The van der Waals surface area contributed by atoms with Crippen molar-refractivity contribution in [3.05, 3.63) is 36.0 Å². The maximum Gasteiger partial charge on any atom is 0.251 e. The molecule has 0 N–H and O–H groups in total. The van der Waals surface area contributed by atoms with Gasteiger partial charge in [-0.1, -0.05) is 0 Å². The quantitative estimate of drug-likeness (QED) is 0.821. The fraction of sp³-hybridized carbons (Fsp3) is 0.429. The molecule has 3 rings (SSSR count). The Morgan fingerprint density at radius 1 is 1.19 bits per heavy atom. The lowest BCUT2D eigenvalue weighted by molar-refractivity contribution is 0.0762. The first-order chi connectivity index (χ1) is 10.1. The van der Waals surface area contributed by atoms with E-state index >= 15 is 0 Å². The predicted molar refractivity (Wildman–Crippen MR) is 69.1 cm³/mol. The molecular weight excluding hydrogens is 283 g/mol. The van der Waals surface area contributed by atoms with Gasteiger partial charge >= 0.3 is 0 Å². The summed E-state index contributed by atoms with van der Waals surface area (Å²) in [7, 11) is 0. The molecule has 112 valence electrons. The first-order valence-corrected chi connectivity index (χ1v) is 6.72. The van der Waals surface area contributed by atoms with E-state index in [1.54, 1.807) is 4.90 Å². The average molecular weight is 297 g/mol. The number of benzene rings is 1. The van der Waals surface area contributed by atoms with Gasteiger partial charge in [0, 0.05) is 11.6 Å². The van der Waals surface area contributed by atoms with Gasteiger partial charge in [-0.2, -0.15) is 0 Å². The van der Waals surface area contributed by atoms with Crippen molar-refractivity contribution in [3.8, 4) is 11.5 Å². The standard InChI is InChI=1S/C14H14F3N3O/c15-10-3-1-9(2-4-10)14-19-18-13(21-14)8-20(7-12(16)17)11-5-6-11/h1-4,11-12H,5-8H2. The molecule has 0 bridgehead atoms. The number of rotatable bonds is 6. The number of hydrogen-bond acceptors (Lipinski definition) is 4. The summed E-state index contributed by atoms with van der Waals surface area (Å²) < 4.78 is 43.4. The highest BCUT2D eigenvalue weighted by molar-refractivity contribution is 5.51. The van der Waals surface area contributed by atoms with Crippen LogP contribution in [0.5, 0.6) is 0 Å². The van der Waals surface area contributed by atoms with Crippen molar-refractivity contribution in [1.82, 2.24) is 15.1 Å². The zero-order valence-corrected chi connectivity index (χ0v) is 11.2. The second-order valence-corrected chi connectivity index (χ2v) is 5.06. The van der Waals surface area contributed by atoms with Gasteiger partial charge in [0.15, 0.2) is 0 Å². The maximum absolute atomic E-state index is 12.9. The molecule has 0 atom stereocenters. The van der Waals surface area contributed by atoms with Crippen LogP contribution in [-0.2, 0) is 6.54 Å². The van der Waals surface area contributed by atoms with Gasteiger partial charge in [0.05, 0.1) is 13.1 Å². The minimum atomic E-state index is -2.38. The Bertz CT molecular complexity index is 596. The second-order valence-electron chi connectivity index (χ2n) is 5.06. The lowest BCUT2D eigenvalue weighted by atomic mass is 10.2. The third-order valence-corrected chi connectivity index (χ3v) is 3.33. The normalized spacial score (nSPS) is 15.1. The second kappa shape index (κ2) is 5.85. The molecule has 21 heavy (non-hydrogen) atoms. The van der Waals surface area contributed by atoms with E-state index < -0.39 is 6.43 Å². The smallest absolute Gasteiger partial charge is 0.251 e. The van der Waals surface area contributed by atoms with Crippen molar-refractivity contribution in [2.75, 3.05) is 6.54 Å². The topological polar surface area (TPSA) is 42.2 Å². The predicted octanol–water partition coefficient (Wildman–Crippen LogP) is 3.11. The minimum Gasteiger partial charge on any atom is -0.419 e. The lowest BCUT2D eigenvalue weighted by Crippen LogP contribution is -2.30. The number of hydrogen-bond donors (Lipinski definition) is 0. The molecule has 4 nitrogen and oxygen atoms in total. The number of nitrogens with zero attached hydrogens (tertiary/aromatic N) is 3. The Balaban J connectivity index is 1.70. The molecule has 0 unspecified atom stereocenters. The number of aromatic nitrogens is 2. The Kier molecular flexibility index (Phi) is 3.92. The van der Waals surface area contributed by atoms with Crippen LogP contribution in [0.1, 0.15) is 18.7 Å². The molecule has 7 heteroatoms. The molecule has 0 spiro atoms. The van der Waals surface area contributed by atoms with Crippen LogP contribution in [0.15, 0.2) is 28.7 Å². The minimum absolute atomic E-state index is 0.181. The Hall–Kier alpha value is -1.89. The van der Waals surface area contributed by atoms with Crippen LogP contribution in [-0.4, -0.2) is 34.1 Å². The van der Waals surface area contributed by atoms with Gasteiger partial charge in [-0.15, -0.1) is 10.2 Å². The maximum atomic E-state index is 12.9. The summed E-state index contributed by atoms with van der Waals surface area (Å²) in [6, 6.07) is 5.84. The van der Waals surface area contributed by atoms with E-state index in [4.69, 9.17) is 4.42 Å². The van der Waals surface area contributed by atoms with Gasteiger partial charge < -0.3 is 4.42 Å². The Labute approximate surface area is 119 Å². The van der Waals surface area contributed by atoms with Crippen LogP contribution in [0.25, 0.3) is 11.5 Å². The van der Waals surface area contributed by atoms with E-state index in [1.165, 1.54) is 24.3 Å². The molecular formula is C14H14F3N3O. The molecule has 0 radical (unpaired) electrons. The van der Waals surface area contributed by atoms with Gasteiger partial charge in [-0.05, 0) is 37.1 Å². The van der Waals surface area contributed by atoms with E-state index in [9.17, 15) is 13.2 Å². The fourth-order valence-corrected chi connectivity index (χ4v) is 2.16. The number of halogens is 3. The first kappa shape index (κ1) is 14.1. The summed E-state index contributed by atoms with van der Waals surface area (Å²) in [6.07, 6.45) is -0.540. The summed E-state index contributed by atoms with van der Waals surface area (Å²) in [4.78, 5) is 1.66. The summed E-state index contributed by atoms with van der Waals surface area (Å²) in [6.45, 7) is -0.0812. The van der Waals surface area contributed by atoms with E-state index in [0.717, 1.165) is 12.8 Å². The monoisotopic (exact) mass is 297 g/mol. The molecule has 1 fully saturated rings. The Morgan fingerprint density at radius 2 is 1.90 bits per heavy atom. The van der Waals surface area contributed by atoms with Crippen LogP contribution in [0, 0.1) is 5.82 Å². The first-order valence-electron chi connectivity index (χ1n) is 6.72. The zero-order chi connectivity index (χ0) is 14.8. The van der Waals surface area contributed by atoms with Gasteiger partial charge in [0.2, 0.25) is 11.8 Å². The molecule has 1 aromatic carbocycles. The fourth-order valence-electron chi connectivity index (χ4n) is 2.16. The highest BCUT2D eigenvalue weighted by Crippen LogP contribution is 2.29. The molecule has 1 aliphatic rings. The van der Waals surface area contributed by atoms with Gasteiger partial charge in [-0.25, -0.2) is 13.2 Å². The molecule has 0 saturated heterocycles. The van der Waals surface area contributed by atoms with Gasteiger partial charge in [0.25, 0.3) is 6.43 Å². The van der Waals surface area contributed by atoms with E-state index in [2.05, 4.69) is 10.2 Å². The SMILES string of the molecule is Fc1ccc(-c2nnc(CN(CC(F)F)C3CC3)o2)cc1. The van der Waals surface area contributed by atoms with Gasteiger partial charge in [-0.3, -0.25) is 4.90 Å². The number of alkyl halides is 2. The Morgan fingerprint density at radius 3 is 2.52 bits per heavy atom. The summed E-state index contributed by atoms with van der Waals surface area (Å²) >= 11 is 0. The third kappa shape index (κ3) is 3.60. The van der Waals surface area contributed by atoms with Crippen molar-refractivity contribution < 1.29 is 17.6 Å². The van der Waals surface area contributed by atoms with E-state index in [-0.39, 0.29) is 30.8 Å². The van der Waals surface area contributed by atoms with Crippen LogP contribution < -0.4 is 0 Å². The van der Waals surface area contributed by atoms with Crippen LogP contribution >= 0.6 is 0 Å². The van der Waals surface area contributed by atoms with Gasteiger partial charge in [0.1, 0.15) is 5.82 Å². The molecule has 2 aromatic rings. The largest absolute Gasteiger partial charge is 0.419 e. The van der Waals surface area contributed by atoms with Crippen LogP contribution in [0.4, 0.5) is 13.2 Å². The summed E-state index contributed by atoms with van der Waals surface area (Å²) in [5.41, 5.74) is 0.599. The molecule has 1 heterocycles. The van der Waals surface area contributed by atoms with Crippen LogP contribution in [0.3, 0.4) is 0 Å². The van der Waals surface area contributed by atoms with E-state index in [1.807, 2.05) is 0 Å². The van der Waals surface area contributed by atoms with Crippen molar-refractivity contribution in [1.29, 1.82) is 0 Å². The van der Waals surface area contributed by atoms with Crippen LogP contribution in [0.2, 0.25) is 0 Å². The van der Waals surface area contributed by atoms with E-state index in [0.29, 0.717) is 11.5 Å². The molecule has 1 aromatic heterocycles. The zero-order valence-electron chi connectivity index (χ0n) is 11.2.